The molecule has 0 bridgehead atoms. The quantitative estimate of drug-likeness (QED) is 0.893. The van der Waals surface area contributed by atoms with E-state index in [1.54, 1.807) is 0 Å². The molecule has 1 amide bonds. The van der Waals surface area contributed by atoms with Crippen molar-refractivity contribution in [3.63, 3.8) is 0 Å². The summed E-state index contributed by atoms with van der Waals surface area (Å²) in [6.45, 7) is 5.00. The molecular formula is C17H22ClN3O. The number of nitrogens with one attached hydrogen (secondary N) is 2. The number of halogens is 1. The maximum atomic E-state index is 12.5. The minimum Gasteiger partial charge on any atom is -0.324 e. The molecule has 0 unspecified atom stereocenters. The van der Waals surface area contributed by atoms with Crippen molar-refractivity contribution >= 4 is 34.9 Å². The second-order valence-corrected chi connectivity index (χ2v) is 5.90. The lowest BCUT2D eigenvalue weighted by Gasteiger charge is -2.27. The number of pyridine rings is 1. The van der Waals surface area contributed by atoms with E-state index in [1.807, 2.05) is 37.3 Å². The number of aromatic nitrogens is 1. The largest absolute Gasteiger partial charge is 0.324 e. The van der Waals surface area contributed by atoms with E-state index in [-0.39, 0.29) is 24.2 Å². The number of hydrogen-bond donors (Lipinski definition) is 2. The van der Waals surface area contributed by atoms with E-state index in [9.17, 15) is 4.79 Å². The number of carbonyl (C=O) groups is 1. The topological polar surface area (TPSA) is 54.0 Å². The standard InChI is InChI=1S/C17H21N3O.ClH/c1-11-6-7-13-4-3-5-15(16(13)19-11)20-17(21)14-8-9-18-12(2)10-14;/h3-7,12,14,18H,8-10H2,1-2H3,(H,20,21);1H/t12-,14-;/m0./s1. The van der Waals surface area contributed by atoms with Gasteiger partial charge in [0, 0.05) is 23.0 Å². The normalized spacial score (nSPS) is 21.2. The van der Waals surface area contributed by atoms with E-state index in [4.69, 9.17) is 0 Å². The summed E-state index contributed by atoms with van der Waals surface area (Å²) in [5, 5.41) is 7.50. The molecule has 5 heteroatoms. The molecule has 4 nitrogen and oxygen atoms in total. The monoisotopic (exact) mass is 319 g/mol. The van der Waals surface area contributed by atoms with Crippen molar-refractivity contribution in [2.45, 2.75) is 32.7 Å². The molecule has 1 aromatic heterocycles. The fourth-order valence-electron chi connectivity index (χ4n) is 2.95. The van der Waals surface area contributed by atoms with Gasteiger partial charge in [-0.3, -0.25) is 9.78 Å². The van der Waals surface area contributed by atoms with Gasteiger partial charge in [0.25, 0.3) is 0 Å². The molecule has 1 saturated heterocycles. The highest BCUT2D eigenvalue weighted by atomic mass is 35.5. The van der Waals surface area contributed by atoms with E-state index in [0.717, 1.165) is 41.7 Å². The highest BCUT2D eigenvalue weighted by Gasteiger charge is 2.25. The van der Waals surface area contributed by atoms with Crippen LogP contribution in [0.1, 0.15) is 25.5 Å². The van der Waals surface area contributed by atoms with Gasteiger partial charge in [0.1, 0.15) is 0 Å². The molecule has 1 fully saturated rings. The summed E-state index contributed by atoms with van der Waals surface area (Å²) in [7, 11) is 0. The molecule has 22 heavy (non-hydrogen) atoms. The van der Waals surface area contributed by atoms with Crippen LogP contribution in [0.4, 0.5) is 5.69 Å². The number of hydrogen-bond acceptors (Lipinski definition) is 3. The van der Waals surface area contributed by atoms with Crippen LogP contribution in [0.3, 0.4) is 0 Å². The Balaban J connectivity index is 0.00000176. The summed E-state index contributed by atoms with van der Waals surface area (Å²) in [4.78, 5) is 17.0. The lowest BCUT2D eigenvalue weighted by atomic mass is 9.92. The Bertz CT molecular complexity index is 674. The van der Waals surface area contributed by atoms with Crippen molar-refractivity contribution in [3.8, 4) is 0 Å². The van der Waals surface area contributed by atoms with E-state index >= 15 is 0 Å². The van der Waals surface area contributed by atoms with E-state index < -0.39 is 0 Å². The van der Waals surface area contributed by atoms with Crippen molar-refractivity contribution < 1.29 is 4.79 Å². The highest BCUT2D eigenvalue weighted by Crippen LogP contribution is 2.24. The van der Waals surface area contributed by atoms with Crippen molar-refractivity contribution in [2.75, 3.05) is 11.9 Å². The number of anilines is 1. The number of nitrogens with zero attached hydrogens (tertiary/aromatic N) is 1. The first-order valence-corrected chi connectivity index (χ1v) is 7.54. The summed E-state index contributed by atoms with van der Waals surface area (Å²) in [5.41, 5.74) is 2.64. The van der Waals surface area contributed by atoms with Gasteiger partial charge in [0.15, 0.2) is 0 Å². The Morgan fingerprint density at radius 3 is 2.91 bits per heavy atom. The Morgan fingerprint density at radius 2 is 2.14 bits per heavy atom. The molecule has 0 aliphatic carbocycles. The Morgan fingerprint density at radius 1 is 1.32 bits per heavy atom. The van der Waals surface area contributed by atoms with Crippen molar-refractivity contribution in [1.29, 1.82) is 0 Å². The van der Waals surface area contributed by atoms with E-state index in [2.05, 4.69) is 22.5 Å². The van der Waals surface area contributed by atoms with Crippen LogP contribution < -0.4 is 10.6 Å². The van der Waals surface area contributed by atoms with Gasteiger partial charge >= 0.3 is 0 Å². The average molecular weight is 320 g/mol. The van der Waals surface area contributed by atoms with Crippen molar-refractivity contribution in [3.05, 3.63) is 36.0 Å². The molecule has 1 aromatic carbocycles. The molecule has 0 spiro atoms. The van der Waals surface area contributed by atoms with Gasteiger partial charge in [-0.25, -0.2) is 0 Å². The van der Waals surface area contributed by atoms with E-state index in [0.29, 0.717) is 6.04 Å². The van der Waals surface area contributed by atoms with Gasteiger partial charge in [-0.05, 0) is 45.4 Å². The molecule has 3 rings (SSSR count). The number of fused-ring (bicyclic) bond motifs is 1. The van der Waals surface area contributed by atoms with Crippen LogP contribution in [0.25, 0.3) is 10.9 Å². The zero-order valence-electron chi connectivity index (χ0n) is 12.9. The number of carbonyl (C=O) groups excluding carboxylic acids is 1. The lowest BCUT2D eigenvalue weighted by molar-refractivity contribution is -0.120. The minimum atomic E-state index is 0. The first kappa shape index (κ1) is 16.7. The number of aryl methyl sites for hydroxylation is 1. The zero-order valence-corrected chi connectivity index (χ0v) is 13.7. The first-order valence-electron chi connectivity index (χ1n) is 7.54. The maximum absolute atomic E-state index is 12.5. The molecular weight excluding hydrogens is 298 g/mol. The van der Waals surface area contributed by atoms with Crippen LogP contribution in [0.5, 0.6) is 0 Å². The lowest BCUT2D eigenvalue weighted by Crippen LogP contribution is -2.40. The number of rotatable bonds is 2. The summed E-state index contributed by atoms with van der Waals surface area (Å²) in [5.74, 6) is 0.195. The second kappa shape index (κ2) is 7.07. The third-order valence-corrected chi connectivity index (χ3v) is 4.11. The Labute approximate surface area is 137 Å². The van der Waals surface area contributed by atoms with Crippen LogP contribution in [0.2, 0.25) is 0 Å². The SMILES string of the molecule is Cc1ccc2cccc(NC(=O)[C@H]3CCN[C@@H](C)C3)c2n1.Cl. The third-order valence-electron chi connectivity index (χ3n) is 4.11. The zero-order chi connectivity index (χ0) is 14.8. The third kappa shape index (κ3) is 3.57. The van der Waals surface area contributed by atoms with Gasteiger partial charge in [-0.2, -0.15) is 0 Å². The summed E-state index contributed by atoms with van der Waals surface area (Å²) in [6.07, 6.45) is 1.79. The van der Waals surface area contributed by atoms with Gasteiger partial charge in [-0.1, -0.05) is 18.2 Å². The summed E-state index contributed by atoms with van der Waals surface area (Å²) in [6, 6.07) is 10.3. The molecule has 1 aliphatic heterocycles. The van der Waals surface area contributed by atoms with Gasteiger partial charge in [0.2, 0.25) is 5.91 Å². The minimum absolute atomic E-state index is 0. The van der Waals surface area contributed by atoms with E-state index in [1.165, 1.54) is 0 Å². The molecule has 118 valence electrons. The van der Waals surface area contributed by atoms with Crippen molar-refractivity contribution in [1.82, 2.24) is 10.3 Å². The molecule has 2 atom stereocenters. The molecule has 0 radical (unpaired) electrons. The summed E-state index contributed by atoms with van der Waals surface area (Å²) < 4.78 is 0. The van der Waals surface area contributed by atoms with Crippen LogP contribution >= 0.6 is 12.4 Å². The average Bonchev–Trinajstić information content (AvgIpc) is 2.48. The Hall–Kier alpha value is -1.65. The predicted molar refractivity (Wildman–Crippen MR) is 92.5 cm³/mol. The van der Waals surface area contributed by atoms with Crippen LogP contribution in [-0.4, -0.2) is 23.5 Å². The molecule has 2 aromatic rings. The van der Waals surface area contributed by atoms with Gasteiger partial charge in [-0.15, -0.1) is 12.4 Å². The Kier molecular flexibility index (Phi) is 5.37. The van der Waals surface area contributed by atoms with Crippen LogP contribution in [-0.2, 0) is 4.79 Å². The van der Waals surface area contributed by atoms with Crippen LogP contribution in [0, 0.1) is 12.8 Å². The van der Waals surface area contributed by atoms with Gasteiger partial charge in [0.05, 0.1) is 11.2 Å². The molecule has 1 aliphatic rings. The second-order valence-electron chi connectivity index (χ2n) is 5.90. The van der Waals surface area contributed by atoms with Crippen molar-refractivity contribution in [2.24, 2.45) is 5.92 Å². The van der Waals surface area contributed by atoms with Crippen LogP contribution in [0.15, 0.2) is 30.3 Å². The fourth-order valence-corrected chi connectivity index (χ4v) is 2.95. The number of piperidine rings is 1. The molecule has 2 heterocycles. The fraction of sp³-hybridized carbons (Fsp3) is 0.412. The number of benzene rings is 1. The maximum Gasteiger partial charge on any atom is 0.227 e. The van der Waals surface area contributed by atoms with Gasteiger partial charge < -0.3 is 10.6 Å². The number of amides is 1. The number of para-hydroxylation sites is 1. The first-order chi connectivity index (χ1) is 10.1. The molecule has 2 N–H and O–H groups in total. The molecule has 0 saturated carbocycles. The smallest absolute Gasteiger partial charge is 0.227 e. The highest BCUT2D eigenvalue weighted by molar-refractivity contribution is 6.01. The predicted octanol–water partition coefficient (Wildman–Crippen LogP) is 3.29. The summed E-state index contributed by atoms with van der Waals surface area (Å²) >= 11 is 0.